The van der Waals surface area contributed by atoms with Gasteiger partial charge in [0.25, 0.3) is 5.88 Å². The molecule has 1 aromatic heterocycles. The molecule has 4 nitrogen and oxygen atoms in total. The van der Waals surface area contributed by atoms with Crippen LogP contribution in [0.5, 0.6) is 5.88 Å². The molecule has 2 N–H and O–H groups in total. The monoisotopic (exact) mass is 247 g/mol. The molecule has 0 spiro atoms. The fourth-order valence-electron chi connectivity index (χ4n) is 3.87. The molecular formula is C14H21N3O. The van der Waals surface area contributed by atoms with Gasteiger partial charge in [-0.05, 0) is 30.6 Å². The molecule has 2 aliphatic carbocycles. The van der Waals surface area contributed by atoms with Gasteiger partial charge in [0.15, 0.2) is 5.82 Å². The summed E-state index contributed by atoms with van der Waals surface area (Å²) < 4.78 is 6.08. The molecule has 0 aliphatic heterocycles. The second-order valence-corrected chi connectivity index (χ2v) is 6.46. The van der Waals surface area contributed by atoms with Gasteiger partial charge in [-0.15, -0.1) is 0 Å². The van der Waals surface area contributed by atoms with Gasteiger partial charge in [-0.3, -0.25) is 0 Å². The van der Waals surface area contributed by atoms with Crippen molar-refractivity contribution >= 4 is 5.82 Å². The summed E-state index contributed by atoms with van der Waals surface area (Å²) in [5, 5.41) is 0. The smallest absolute Gasteiger partial charge is 0.257 e. The largest absolute Gasteiger partial charge is 0.471 e. The van der Waals surface area contributed by atoms with Crippen molar-refractivity contribution in [3.63, 3.8) is 0 Å². The molecule has 0 amide bonds. The van der Waals surface area contributed by atoms with E-state index in [2.05, 4.69) is 30.7 Å². The van der Waals surface area contributed by atoms with E-state index in [0.717, 1.165) is 12.3 Å². The second kappa shape index (κ2) is 3.59. The number of anilines is 1. The number of rotatable bonds is 2. The van der Waals surface area contributed by atoms with Crippen molar-refractivity contribution in [1.29, 1.82) is 0 Å². The van der Waals surface area contributed by atoms with Gasteiger partial charge >= 0.3 is 0 Å². The number of nitrogen functional groups attached to an aromatic ring is 1. The minimum absolute atomic E-state index is 0.213. The molecule has 2 saturated carbocycles. The second-order valence-electron chi connectivity index (χ2n) is 6.46. The quantitative estimate of drug-likeness (QED) is 0.872. The van der Waals surface area contributed by atoms with E-state index in [0.29, 0.717) is 17.1 Å². The van der Waals surface area contributed by atoms with E-state index in [-0.39, 0.29) is 11.5 Å². The summed E-state index contributed by atoms with van der Waals surface area (Å²) in [6.45, 7) is 7.08. The first-order valence-electron chi connectivity index (χ1n) is 6.68. The third-order valence-electron chi connectivity index (χ3n) is 5.66. The molecule has 18 heavy (non-hydrogen) atoms. The molecule has 2 fully saturated rings. The first-order valence-corrected chi connectivity index (χ1v) is 6.68. The number of nitrogens with zero attached hydrogens (tertiary/aromatic N) is 2. The van der Waals surface area contributed by atoms with Crippen molar-refractivity contribution in [3.8, 4) is 5.88 Å². The Labute approximate surface area is 108 Å². The van der Waals surface area contributed by atoms with E-state index in [9.17, 15) is 0 Å². The van der Waals surface area contributed by atoms with Crippen LogP contribution in [0.4, 0.5) is 5.82 Å². The molecule has 2 aliphatic rings. The molecule has 4 heteroatoms. The highest BCUT2D eigenvalue weighted by Gasteiger charge is 2.62. The lowest BCUT2D eigenvalue weighted by molar-refractivity contribution is 0.0276. The summed E-state index contributed by atoms with van der Waals surface area (Å²) in [5.74, 6) is 1.64. The number of aromatic nitrogens is 2. The molecule has 1 heterocycles. The Morgan fingerprint density at radius 1 is 1.28 bits per heavy atom. The average Bonchev–Trinajstić information content (AvgIpc) is 2.65. The minimum Gasteiger partial charge on any atom is -0.471 e. The standard InChI is InChI=1S/C14H21N3O/c1-13(2)9-4-5-14(13,3)10(8-9)18-12-11(15)16-6-7-17-12/h6-7,9-10H,4-5,8H2,1-3H3,(H2,15,16). The van der Waals surface area contributed by atoms with E-state index in [1.54, 1.807) is 12.4 Å². The van der Waals surface area contributed by atoms with Crippen molar-refractivity contribution in [2.45, 2.75) is 46.1 Å². The maximum atomic E-state index is 6.08. The Balaban J connectivity index is 1.86. The summed E-state index contributed by atoms with van der Waals surface area (Å²) in [5.41, 5.74) is 6.37. The van der Waals surface area contributed by atoms with Gasteiger partial charge in [0.2, 0.25) is 0 Å². The van der Waals surface area contributed by atoms with Crippen molar-refractivity contribution in [3.05, 3.63) is 12.4 Å². The first-order chi connectivity index (χ1) is 8.45. The van der Waals surface area contributed by atoms with E-state index in [4.69, 9.17) is 10.5 Å². The van der Waals surface area contributed by atoms with E-state index in [1.165, 1.54) is 12.8 Å². The highest BCUT2D eigenvalue weighted by molar-refractivity contribution is 5.39. The fourth-order valence-corrected chi connectivity index (χ4v) is 3.87. The van der Waals surface area contributed by atoms with Gasteiger partial charge in [0.1, 0.15) is 6.10 Å². The number of fused-ring (bicyclic) bond motifs is 2. The van der Waals surface area contributed by atoms with Crippen LogP contribution < -0.4 is 10.5 Å². The lowest BCUT2D eigenvalue weighted by Gasteiger charge is -2.38. The van der Waals surface area contributed by atoms with E-state index >= 15 is 0 Å². The van der Waals surface area contributed by atoms with Crippen LogP contribution in [0.2, 0.25) is 0 Å². The maximum Gasteiger partial charge on any atom is 0.257 e. The summed E-state index contributed by atoms with van der Waals surface area (Å²) in [6, 6.07) is 0. The number of hydrogen-bond acceptors (Lipinski definition) is 4. The zero-order valence-electron chi connectivity index (χ0n) is 11.3. The molecular weight excluding hydrogens is 226 g/mol. The van der Waals surface area contributed by atoms with Crippen LogP contribution >= 0.6 is 0 Å². The lowest BCUT2D eigenvalue weighted by Crippen LogP contribution is -2.39. The van der Waals surface area contributed by atoms with Crippen molar-refractivity contribution in [2.24, 2.45) is 16.7 Å². The predicted octanol–water partition coefficient (Wildman–Crippen LogP) is 2.65. The Bertz CT molecular complexity index is 474. The van der Waals surface area contributed by atoms with Crippen LogP contribution in [-0.2, 0) is 0 Å². The third-order valence-corrected chi connectivity index (χ3v) is 5.66. The normalized spacial score (nSPS) is 36.8. The minimum atomic E-state index is 0.213. The summed E-state index contributed by atoms with van der Waals surface area (Å²) in [4.78, 5) is 8.23. The molecule has 0 aromatic carbocycles. The molecule has 2 bridgehead atoms. The molecule has 1 aromatic rings. The number of hydrogen-bond donors (Lipinski definition) is 1. The highest BCUT2D eigenvalue weighted by Crippen LogP contribution is 2.66. The van der Waals surface area contributed by atoms with Gasteiger partial charge in [-0.2, -0.15) is 0 Å². The Morgan fingerprint density at radius 2 is 2.00 bits per heavy atom. The zero-order valence-corrected chi connectivity index (χ0v) is 11.3. The van der Waals surface area contributed by atoms with Crippen LogP contribution in [0.3, 0.4) is 0 Å². The van der Waals surface area contributed by atoms with Gasteiger partial charge < -0.3 is 10.5 Å². The van der Waals surface area contributed by atoms with Crippen molar-refractivity contribution < 1.29 is 4.74 Å². The predicted molar refractivity (Wildman–Crippen MR) is 70.1 cm³/mol. The van der Waals surface area contributed by atoms with Gasteiger partial charge in [0.05, 0.1) is 0 Å². The highest BCUT2D eigenvalue weighted by atomic mass is 16.5. The summed E-state index contributed by atoms with van der Waals surface area (Å²) >= 11 is 0. The average molecular weight is 247 g/mol. The summed E-state index contributed by atoms with van der Waals surface area (Å²) in [7, 11) is 0. The van der Waals surface area contributed by atoms with E-state index < -0.39 is 0 Å². The molecule has 0 saturated heterocycles. The van der Waals surface area contributed by atoms with Crippen LogP contribution in [0, 0.1) is 16.7 Å². The van der Waals surface area contributed by atoms with Crippen LogP contribution in [-0.4, -0.2) is 16.1 Å². The molecule has 98 valence electrons. The third kappa shape index (κ3) is 1.38. The van der Waals surface area contributed by atoms with Crippen LogP contribution in [0.25, 0.3) is 0 Å². The SMILES string of the molecule is CC1(C)C2CCC1(C)C(Oc1nccnc1N)C2. The lowest BCUT2D eigenvalue weighted by atomic mass is 9.70. The zero-order chi connectivity index (χ0) is 13.0. The van der Waals surface area contributed by atoms with Crippen LogP contribution in [0.15, 0.2) is 12.4 Å². The Hall–Kier alpha value is -1.32. The Kier molecular flexibility index (Phi) is 2.34. The number of nitrogens with two attached hydrogens (primary N) is 1. The number of ether oxygens (including phenoxy) is 1. The Morgan fingerprint density at radius 3 is 2.56 bits per heavy atom. The van der Waals surface area contributed by atoms with Gasteiger partial charge in [-0.25, -0.2) is 9.97 Å². The topological polar surface area (TPSA) is 61.0 Å². The first kappa shape index (κ1) is 11.8. The van der Waals surface area contributed by atoms with Gasteiger partial charge in [-0.1, -0.05) is 20.8 Å². The molecule has 3 unspecified atom stereocenters. The van der Waals surface area contributed by atoms with E-state index in [1.807, 2.05) is 0 Å². The summed E-state index contributed by atoms with van der Waals surface area (Å²) in [6.07, 6.45) is 7.10. The fraction of sp³-hybridized carbons (Fsp3) is 0.714. The molecule has 3 atom stereocenters. The van der Waals surface area contributed by atoms with Crippen LogP contribution in [0.1, 0.15) is 40.0 Å². The van der Waals surface area contributed by atoms with Crippen molar-refractivity contribution in [1.82, 2.24) is 9.97 Å². The maximum absolute atomic E-state index is 6.08. The molecule has 3 rings (SSSR count). The molecule has 0 radical (unpaired) electrons. The van der Waals surface area contributed by atoms with Crippen molar-refractivity contribution in [2.75, 3.05) is 5.73 Å². The van der Waals surface area contributed by atoms with Gasteiger partial charge in [0, 0.05) is 17.8 Å².